The van der Waals surface area contributed by atoms with Crippen LogP contribution in [0.3, 0.4) is 0 Å². The number of nitrogens with one attached hydrogen (secondary N) is 1. The van der Waals surface area contributed by atoms with Crippen molar-refractivity contribution in [3.8, 4) is 0 Å². The summed E-state index contributed by atoms with van der Waals surface area (Å²) in [5.41, 5.74) is 2.00. The highest BCUT2D eigenvalue weighted by Crippen LogP contribution is 2.53. The zero-order valence-electron chi connectivity index (χ0n) is 25.2. The lowest BCUT2D eigenvalue weighted by molar-refractivity contribution is -0.122. The number of hydrogen-bond donors (Lipinski definition) is 1. The first kappa shape index (κ1) is 31.9. The highest BCUT2D eigenvalue weighted by molar-refractivity contribution is 8.00. The van der Waals surface area contributed by atoms with E-state index >= 15 is 0 Å². The van der Waals surface area contributed by atoms with E-state index in [1.807, 2.05) is 0 Å². The van der Waals surface area contributed by atoms with E-state index in [0.29, 0.717) is 32.4 Å². The summed E-state index contributed by atoms with van der Waals surface area (Å²) >= 11 is 2.02. The van der Waals surface area contributed by atoms with Gasteiger partial charge in [-0.05, 0) is 74.0 Å². The van der Waals surface area contributed by atoms with E-state index in [1.165, 1.54) is 41.0 Å². The van der Waals surface area contributed by atoms with Gasteiger partial charge in [0.2, 0.25) is 17.7 Å². The van der Waals surface area contributed by atoms with E-state index in [4.69, 9.17) is 9.47 Å². The van der Waals surface area contributed by atoms with Crippen LogP contribution in [-0.2, 0) is 30.4 Å². The highest BCUT2D eigenvalue weighted by atomic mass is 32.2. The number of esters is 2. The Morgan fingerprint density at radius 2 is 1.51 bits per heavy atom. The Labute approximate surface area is 276 Å². The zero-order valence-corrected chi connectivity index (χ0v) is 26.8. The topological polar surface area (TPSA) is 154 Å². The van der Waals surface area contributed by atoms with Crippen molar-refractivity contribution < 1.29 is 33.4 Å². The number of aromatic nitrogens is 2. The molecule has 2 aliphatic heterocycles. The fraction of sp³-hybridized carbons (Fsp3) is 0.242. The van der Waals surface area contributed by atoms with Crippen LogP contribution in [0, 0.1) is 5.92 Å². The van der Waals surface area contributed by atoms with Crippen LogP contribution in [0.4, 0.5) is 11.4 Å². The number of anilines is 2. The number of rotatable bonds is 9. The number of thioether (sulfide) groups is 1. The molecule has 2 unspecified atom stereocenters. The van der Waals surface area contributed by atoms with Crippen molar-refractivity contribution in [2.45, 2.75) is 36.6 Å². The molecule has 3 amide bonds. The smallest absolute Gasteiger partial charge is 0.338 e. The summed E-state index contributed by atoms with van der Waals surface area (Å²) in [6, 6.07) is 15.7. The molecule has 1 fully saturated rings. The molecule has 0 radical (unpaired) electrons. The second kappa shape index (κ2) is 13.3. The van der Waals surface area contributed by atoms with Crippen LogP contribution in [0.25, 0.3) is 0 Å². The number of ether oxygens (including phenoxy) is 2. The molecule has 2 aliphatic rings. The zero-order chi connectivity index (χ0) is 33.2. The average Bonchev–Trinajstić information content (AvgIpc) is 3.51. The van der Waals surface area contributed by atoms with Gasteiger partial charge in [0.25, 0.3) is 0 Å². The molecule has 3 atom stereocenters. The second-order valence-corrected chi connectivity index (χ2v) is 12.7. The fourth-order valence-corrected chi connectivity index (χ4v) is 8.41. The Hall–Kier alpha value is -5.08. The van der Waals surface area contributed by atoms with Gasteiger partial charge in [-0.25, -0.2) is 14.5 Å². The van der Waals surface area contributed by atoms with Crippen LogP contribution >= 0.6 is 23.1 Å². The third-order valence-electron chi connectivity index (χ3n) is 7.71. The second-order valence-electron chi connectivity index (χ2n) is 10.6. The van der Waals surface area contributed by atoms with E-state index in [9.17, 15) is 28.8 Å². The van der Waals surface area contributed by atoms with Gasteiger partial charge in [0.1, 0.15) is 11.8 Å². The monoisotopic (exact) mass is 672 g/mol. The minimum Gasteiger partial charge on any atom is -0.462 e. The molecule has 2 aromatic heterocycles. The third kappa shape index (κ3) is 6.09. The summed E-state index contributed by atoms with van der Waals surface area (Å²) in [5.74, 6) is -3.90. The largest absolute Gasteiger partial charge is 0.462 e. The van der Waals surface area contributed by atoms with Crippen LogP contribution in [-0.4, -0.2) is 57.7 Å². The molecule has 12 nitrogen and oxygen atoms in total. The van der Waals surface area contributed by atoms with Gasteiger partial charge in [0.15, 0.2) is 0 Å². The lowest BCUT2D eigenvalue weighted by Gasteiger charge is -2.30. The van der Waals surface area contributed by atoms with Gasteiger partial charge in [-0.3, -0.25) is 28.7 Å². The predicted octanol–water partition coefficient (Wildman–Crippen LogP) is 4.09. The lowest BCUT2D eigenvalue weighted by atomic mass is 9.84. The van der Waals surface area contributed by atoms with Crippen LogP contribution in [0.15, 0.2) is 82.9 Å². The fourth-order valence-electron chi connectivity index (χ4n) is 5.64. The van der Waals surface area contributed by atoms with Crippen molar-refractivity contribution in [3.63, 3.8) is 0 Å². The molecule has 0 saturated carbocycles. The molecule has 0 bridgehead atoms. The van der Waals surface area contributed by atoms with Crippen LogP contribution < -0.4 is 15.1 Å². The summed E-state index contributed by atoms with van der Waals surface area (Å²) in [6.45, 7) is 3.51. The third-order valence-corrected chi connectivity index (χ3v) is 10.3. The lowest BCUT2D eigenvalue weighted by Crippen LogP contribution is -2.33. The molecule has 240 valence electrons. The number of fused-ring (bicyclic) bond motifs is 2. The number of imide groups is 1. The Kier molecular flexibility index (Phi) is 9.05. The Morgan fingerprint density at radius 1 is 0.872 bits per heavy atom. The Bertz CT molecular complexity index is 1920. The van der Waals surface area contributed by atoms with Crippen LogP contribution in [0.5, 0.6) is 0 Å². The molecule has 4 aromatic rings. The first-order valence-corrected chi connectivity index (χ1v) is 16.4. The molecule has 2 aromatic carbocycles. The summed E-state index contributed by atoms with van der Waals surface area (Å²) < 4.78 is 11.3. The molecule has 0 spiro atoms. The molecule has 6 rings (SSSR count). The van der Waals surface area contributed by atoms with E-state index in [-0.39, 0.29) is 25.3 Å². The van der Waals surface area contributed by atoms with E-state index in [0.717, 1.165) is 28.0 Å². The number of amides is 3. The van der Waals surface area contributed by atoms with Gasteiger partial charge < -0.3 is 14.8 Å². The van der Waals surface area contributed by atoms with Crippen LogP contribution in [0.1, 0.15) is 50.9 Å². The maximum atomic E-state index is 14.0. The van der Waals surface area contributed by atoms with Crippen molar-refractivity contribution >= 4 is 64.1 Å². The number of benzene rings is 2. The molecule has 47 heavy (non-hydrogen) atoms. The summed E-state index contributed by atoms with van der Waals surface area (Å²) in [7, 11) is 0. The molecule has 1 saturated heterocycles. The minimum atomic E-state index is -0.885. The SMILES string of the molecule is CCOC(=O)c1ccc(NC(=O)Cn2c3c(sc2=O)[C@H](c2cccnc2)C2C(=O)N(c4ccc(C(=O)OCC)cc4)C(=O)C2S3)cc1. The maximum Gasteiger partial charge on any atom is 0.338 e. The first-order valence-electron chi connectivity index (χ1n) is 14.7. The normalized spacial score (nSPS) is 18.3. The van der Waals surface area contributed by atoms with Gasteiger partial charge >= 0.3 is 16.8 Å². The standard InChI is InChI=1S/C33H28N4O8S2/c1-3-44-31(41)18-7-11-21(12-8-18)35-23(38)17-36-30-27(47-33(36)43)24(20-6-5-15-34-16-20)25-26(46-30)29(40)37(28(25)39)22-13-9-19(10-14-22)32(42)45-4-2/h5-16,24-26H,3-4,17H2,1-2H3,(H,35,38)/t24-,25?,26?/m1/s1. The van der Waals surface area contributed by atoms with Gasteiger partial charge in [0, 0.05) is 28.9 Å². The number of carbonyl (C=O) groups is 5. The molecule has 14 heteroatoms. The van der Waals surface area contributed by atoms with Crippen molar-refractivity contribution in [2.24, 2.45) is 5.92 Å². The van der Waals surface area contributed by atoms with E-state index in [2.05, 4.69) is 10.3 Å². The number of nitrogens with zero attached hydrogens (tertiary/aromatic N) is 3. The average molecular weight is 673 g/mol. The molecule has 1 N–H and O–H groups in total. The highest BCUT2D eigenvalue weighted by Gasteiger charge is 2.57. The van der Waals surface area contributed by atoms with Crippen molar-refractivity contribution in [3.05, 3.63) is 104 Å². The summed E-state index contributed by atoms with van der Waals surface area (Å²) in [5, 5.41) is 2.29. The van der Waals surface area contributed by atoms with Crippen LogP contribution in [0.2, 0.25) is 0 Å². The van der Waals surface area contributed by atoms with Crippen molar-refractivity contribution in [1.82, 2.24) is 9.55 Å². The minimum absolute atomic E-state index is 0.209. The van der Waals surface area contributed by atoms with E-state index < -0.39 is 51.6 Å². The number of pyridine rings is 1. The number of thiazole rings is 1. The molecule has 0 aliphatic carbocycles. The molecular formula is C33H28N4O8S2. The van der Waals surface area contributed by atoms with Crippen molar-refractivity contribution in [2.75, 3.05) is 23.4 Å². The Balaban J connectivity index is 1.30. The predicted molar refractivity (Wildman–Crippen MR) is 174 cm³/mol. The van der Waals surface area contributed by atoms with Gasteiger partial charge in [0.05, 0.1) is 41.0 Å². The summed E-state index contributed by atoms with van der Waals surface area (Å²) in [4.78, 5) is 84.1. The van der Waals surface area contributed by atoms with Gasteiger partial charge in [-0.15, -0.1) is 0 Å². The number of carbonyl (C=O) groups excluding carboxylic acids is 5. The quantitative estimate of drug-likeness (QED) is 0.203. The first-order chi connectivity index (χ1) is 22.7. The summed E-state index contributed by atoms with van der Waals surface area (Å²) in [6.07, 6.45) is 3.20. The Morgan fingerprint density at radius 3 is 2.11 bits per heavy atom. The maximum absolute atomic E-state index is 14.0. The van der Waals surface area contributed by atoms with Gasteiger partial charge in [-0.2, -0.15) is 0 Å². The van der Waals surface area contributed by atoms with E-state index in [1.54, 1.807) is 50.5 Å². The van der Waals surface area contributed by atoms with Gasteiger partial charge in [-0.1, -0.05) is 29.2 Å². The molecular weight excluding hydrogens is 645 g/mol. The van der Waals surface area contributed by atoms with Crippen molar-refractivity contribution in [1.29, 1.82) is 0 Å². The molecule has 4 heterocycles. The number of hydrogen-bond acceptors (Lipinski definition) is 11.